The first kappa shape index (κ1) is 14.2. The second-order valence-corrected chi connectivity index (χ2v) is 5.65. The SMILES string of the molecule is c1ccc(N(COC2CCCCC2)c2ccccc2)cc1. The van der Waals surface area contributed by atoms with Gasteiger partial charge >= 0.3 is 0 Å². The van der Waals surface area contributed by atoms with Gasteiger partial charge in [0.05, 0.1) is 6.10 Å². The zero-order valence-electron chi connectivity index (χ0n) is 12.4. The van der Waals surface area contributed by atoms with Crippen LogP contribution in [0.25, 0.3) is 0 Å². The van der Waals surface area contributed by atoms with E-state index in [4.69, 9.17) is 4.74 Å². The fourth-order valence-electron chi connectivity index (χ4n) is 2.93. The number of hydrogen-bond donors (Lipinski definition) is 0. The third kappa shape index (κ3) is 3.85. The minimum Gasteiger partial charge on any atom is -0.358 e. The maximum Gasteiger partial charge on any atom is 0.123 e. The highest BCUT2D eigenvalue weighted by Gasteiger charge is 2.16. The molecule has 1 aliphatic rings. The van der Waals surface area contributed by atoms with Crippen molar-refractivity contribution in [1.82, 2.24) is 0 Å². The second kappa shape index (κ2) is 7.28. The fraction of sp³-hybridized carbons (Fsp3) is 0.368. The number of hydrogen-bond acceptors (Lipinski definition) is 2. The number of ether oxygens (including phenoxy) is 1. The van der Waals surface area contributed by atoms with Gasteiger partial charge in [-0.15, -0.1) is 0 Å². The molecule has 1 fully saturated rings. The van der Waals surface area contributed by atoms with Gasteiger partial charge in [0.15, 0.2) is 0 Å². The van der Waals surface area contributed by atoms with Crippen molar-refractivity contribution in [2.24, 2.45) is 0 Å². The molecule has 2 aromatic rings. The molecule has 0 aliphatic heterocycles. The summed E-state index contributed by atoms with van der Waals surface area (Å²) in [6.45, 7) is 0.624. The van der Waals surface area contributed by atoms with Gasteiger partial charge in [0.2, 0.25) is 0 Å². The van der Waals surface area contributed by atoms with Crippen LogP contribution >= 0.6 is 0 Å². The number of nitrogens with zero attached hydrogens (tertiary/aromatic N) is 1. The lowest BCUT2D eigenvalue weighted by Gasteiger charge is -2.29. The highest BCUT2D eigenvalue weighted by Crippen LogP contribution is 2.26. The molecule has 0 amide bonds. The Balaban J connectivity index is 1.73. The summed E-state index contributed by atoms with van der Waals surface area (Å²) in [5, 5.41) is 0. The van der Waals surface area contributed by atoms with E-state index in [9.17, 15) is 0 Å². The molecule has 0 radical (unpaired) electrons. The molecule has 0 aromatic heterocycles. The van der Waals surface area contributed by atoms with Crippen molar-refractivity contribution in [3.8, 4) is 0 Å². The summed E-state index contributed by atoms with van der Waals surface area (Å²) in [5.41, 5.74) is 2.36. The number of anilines is 2. The molecular formula is C19H23NO. The molecule has 1 aliphatic carbocycles. The highest BCUT2D eigenvalue weighted by molar-refractivity contribution is 5.62. The van der Waals surface area contributed by atoms with E-state index in [1.807, 2.05) is 0 Å². The Hall–Kier alpha value is -1.80. The van der Waals surface area contributed by atoms with E-state index in [1.54, 1.807) is 0 Å². The Kier molecular flexibility index (Phi) is 4.90. The second-order valence-electron chi connectivity index (χ2n) is 5.65. The van der Waals surface area contributed by atoms with E-state index in [-0.39, 0.29) is 0 Å². The lowest BCUT2D eigenvalue weighted by Crippen LogP contribution is -2.26. The first-order chi connectivity index (χ1) is 10.4. The molecule has 0 N–H and O–H groups in total. The van der Waals surface area contributed by atoms with Gasteiger partial charge in [0.1, 0.15) is 6.73 Å². The predicted molar refractivity (Wildman–Crippen MR) is 87.8 cm³/mol. The van der Waals surface area contributed by atoms with Crippen LogP contribution in [0.5, 0.6) is 0 Å². The molecule has 2 nitrogen and oxygen atoms in total. The van der Waals surface area contributed by atoms with Crippen LogP contribution in [0.4, 0.5) is 11.4 Å². The smallest absolute Gasteiger partial charge is 0.123 e. The zero-order chi connectivity index (χ0) is 14.3. The average Bonchev–Trinajstić information content (AvgIpc) is 2.58. The first-order valence-electron chi connectivity index (χ1n) is 7.93. The Morgan fingerprint density at radius 3 is 1.81 bits per heavy atom. The fourth-order valence-corrected chi connectivity index (χ4v) is 2.93. The molecule has 2 aromatic carbocycles. The predicted octanol–water partition coefficient (Wildman–Crippen LogP) is 5.13. The minimum absolute atomic E-state index is 0.425. The van der Waals surface area contributed by atoms with Crippen molar-refractivity contribution in [1.29, 1.82) is 0 Å². The third-order valence-corrected chi connectivity index (χ3v) is 4.13. The van der Waals surface area contributed by atoms with Crippen molar-refractivity contribution in [2.45, 2.75) is 38.2 Å². The molecule has 0 heterocycles. The van der Waals surface area contributed by atoms with Crippen LogP contribution < -0.4 is 4.90 Å². The van der Waals surface area contributed by atoms with Crippen molar-refractivity contribution in [2.75, 3.05) is 11.6 Å². The summed E-state index contributed by atoms with van der Waals surface area (Å²) in [5.74, 6) is 0. The quantitative estimate of drug-likeness (QED) is 0.704. The van der Waals surface area contributed by atoms with Crippen LogP contribution in [0, 0.1) is 0 Å². The Labute approximate surface area is 127 Å². The Bertz CT molecular complexity index is 480. The third-order valence-electron chi connectivity index (χ3n) is 4.13. The summed E-state index contributed by atoms with van der Waals surface area (Å²) in [6, 6.07) is 20.9. The molecule has 110 valence electrons. The molecule has 2 heteroatoms. The van der Waals surface area contributed by atoms with Crippen LogP contribution in [0.3, 0.4) is 0 Å². The monoisotopic (exact) mass is 281 g/mol. The van der Waals surface area contributed by atoms with Crippen molar-refractivity contribution >= 4 is 11.4 Å². The molecule has 21 heavy (non-hydrogen) atoms. The normalized spacial score (nSPS) is 15.8. The van der Waals surface area contributed by atoms with E-state index < -0.39 is 0 Å². The van der Waals surface area contributed by atoms with E-state index >= 15 is 0 Å². The van der Waals surface area contributed by atoms with Gasteiger partial charge in [0, 0.05) is 11.4 Å². The molecule has 0 unspecified atom stereocenters. The van der Waals surface area contributed by atoms with E-state index in [2.05, 4.69) is 65.6 Å². The van der Waals surface area contributed by atoms with Crippen molar-refractivity contribution < 1.29 is 4.74 Å². The molecule has 0 bridgehead atoms. The van der Waals surface area contributed by atoms with Crippen LogP contribution in [0.1, 0.15) is 32.1 Å². The van der Waals surface area contributed by atoms with E-state index in [0.717, 1.165) is 0 Å². The van der Waals surface area contributed by atoms with Crippen LogP contribution in [-0.4, -0.2) is 12.8 Å². The molecule has 0 atom stereocenters. The van der Waals surface area contributed by atoms with Gasteiger partial charge in [-0.25, -0.2) is 0 Å². The van der Waals surface area contributed by atoms with Crippen molar-refractivity contribution in [3.63, 3.8) is 0 Å². The molecule has 1 saturated carbocycles. The van der Waals surface area contributed by atoms with Gasteiger partial charge in [-0.05, 0) is 37.1 Å². The average molecular weight is 281 g/mol. The van der Waals surface area contributed by atoms with Gasteiger partial charge in [0.25, 0.3) is 0 Å². The molecule has 3 rings (SSSR count). The highest BCUT2D eigenvalue weighted by atomic mass is 16.5. The lowest BCUT2D eigenvalue weighted by atomic mass is 9.98. The topological polar surface area (TPSA) is 12.5 Å². The van der Waals surface area contributed by atoms with Gasteiger partial charge in [-0.2, -0.15) is 0 Å². The summed E-state index contributed by atoms with van der Waals surface area (Å²) < 4.78 is 6.18. The van der Waals surface area contributed by atoms with Crippen LogP contribution in [0.2, 0.25) is 0 Å². The van der Waals surface area contributed by atoms with Crippen LogP contribution in [0.15, 0.2) is 60.7 Å². The molecule has 0 saturated heterocycles. The molecule has 0 spiro atoms. The summed E-state index contributed by atoms with van der Waals surface area (Å²) in [7, 11) is 0. The van der Waals surface area contributed by atoms with Gasteiger partial charge in [-0.1, -0.05) is 55.7 Å². The maximum absolute atomic E-state index is 6.18. The zero-order valence-corrected chi connectivity index (χ0v) is 12.4. The minimum atomic E-state index is 0.425. The summed E-state index contributed by atoms with van der Waals surface area (Å²) in [6.07, 6.45) is 6.81. The number of para-hydroxylation sites is 2. The van der Waals surface area contributed by atoms with Crippen LogP contribution in [-0.2, 0) is 4.74 Å². The number of benzene rings is 2. The molecular weight excluding hydrogens is 258 g/mol. The van der Waals surface area contributed by atoms with Gasteiger partial charge < -0.3 is 9.64 Å². The van der Waals surface area contributed by atoms with E-state index in [1.165, 1.54) is 43.5 Å². The maximum atomic E-state index is 6.18. The van der Waals surface area contributed by atoms with E-state index in [0.29, 0.717) is 12.8 Å². The summed E-state index contributed by atoms with van der Waals surface area (Å²) in [4.78, 5) is 2.24. The van der Waals surface area contributed by atoms with Crippen molar-refractivity contribution in [3.05, 3.63) is 60.7 Å². The largest absolute Gasteiger partial charge is 0.358 e. The lowest BCUT2D eigenvalue weighted by molar-refractivity contribution is 0.0325. The first-order valence-corrected chi connectivity index (χ1v) is 7.93. The Morgan fingerprint density at radius 2 is 1.29 bits per heavy atom. The number of rotatable bonds is 5. The standard InChI is InChI=1S/C19H23NO/c1-4-10-17(11-5-1)20(18-12-6-2-7-13-18)16-21-19-14-8-3-9-15-19/h1-2,4-7,10-13,19H,3,8-9,14-16H2. The van der Waals surface area contributed by atoms with Gasteiger partial charge in [-0.3, -0.25) is 0 Å². The summed E-state index contributed by atoms with van der Waals surface area (Å²) >= 11 is 0. The Morgan fingerprint density at radius 1 is 0.762 bits per heavy atom.